The van der Waals surface area contributed by atoms with E-state index in [4.69, 9.17) is 4.74 Å². The Morgan fingerprint density at radius 2 is 1.76 bits per heavy atom. The summed E-state index contributed by atoms with van der Waals surface area (Å²) in [5, 5.41) is 2.78. The van der Waals surface area contributed by atoms with Crippen LogP contribution in [0.1, 0.15) is 5.56 Å². The van der Waals surface area contributed by atoms with Gasteiger partial charge >= 0.3 is 0 Å². The Kier molecular flexibility index (Phi) is 4.95. The van der Waals surface area contributed by atoms with Crippen LogP contribution in [0.5, 0.6) is 11.5 Å². The van der Waals surface area contributed by atoms with E-state index in [0.29, 0.717) is 17.0 Å². The number of hydrogen-bond donors (Lipinski definition) is 1. The van der Waals surface area contributed by atoms with E-state index in [2.05, 4.69) is 5.32 Å². The normalized spacial score (nSPS) is 10.3. The third-order valence-corrected chi connectivity index (χ3v) is 3.62. The summed E-state index contributed by atoms with van der Waals surface area (Å²) in [5.41, 5.74) is 1.05. The Morgan fingerprint density at radius 1 is 1.00 bits per heavy atom. The Hall–Kier alpha value is -3.34. The van der Waals surface area contributed by atoms with Gasteiger partial charge in [0.15, 0.2) is 0 Å². The molecular weight excluding hydrogens is 316 g/mol. The second-order valence-electron chi connectivity index (χ2n) is 5.62. The number of ether oxygens (including phenoxy) is 1. The summed E-state index contributed by atoms with van der Waals surface area (Å²) < 4.78 is 7.13. The van der Waals surface area contributed by atoms with Crippen molar-refractivity contribution < 1.29 is 9.53 Å². The van der Waals surface area contributed by atoms with E-state index in [1.54, 1.807) is 43.5 Å². The molecule has 0 atom stereocenters. The lowest BCUT2D eigenvalue weighted by atomic mass is 10.3. The van der Waals surface area contributed by atoms with Gasteiger partial charge in [-0.1, -0.05) is 30.3 Å². The zero-order valence-corrected chi connectivity index (χ0v) is 13.8. The first kappa shape index (κ1) is 16.5. The van der Waals surface area contributed by atoms with Gasteiger partial charge in [-0.15, -0.1) is 0 Å². The summed E-state index contributed by atoms with van der Waals surface area (Å²) in [6.07, 6.45) is 1.60. The van der Waals surface area contributed by atoms with Crippen molar-refractivity contribution in [1.29, 1.82) is 0 Å². The number of aromatic nitrogens is 1. The zero-order chi connectivity index (χ0) is 17.6. The van der Waals surface area contributed by atoms with Crippen molar-refractivity contribution in [3.63, 3.8) is 0 Å². The molecule has 0 unspecified atom stereocenters. The van der Waals surface area contributed by atoms with Crippen LogP contribution in [0.4, 0.5) is 5.69 Å². The van der Waals surface area contributed by atoms with E-state index in [1.165, 1.54) is 4.57 Å². The van der Waals surface area contributed by atoms with E-state index in [0.717, 1.165) is 5.75 Å². The Morgan fingerprint density at radius 3 is 2.56 bits per heavy atom. The van der Waals surface area contributed by atoms with Gasteiger partial charge in [-0.3, -0.25) is 9.59 Å². The topological polar surface area (TPSA) is 60.3 Å². The van der Waals surface area contributed by atoms with Crippen LogP contribution < -0.4 is 15.6 Å². The third-order valence-electron chi connectivity index (χ3n) is 3.62. The molecule has 0 saturated heterocycles. The van der Waals surface area contributed by atoms with Gasteiger partial charge in [0.05, 0.1) is 0 Å². The molecule has 1 amide bonds. The van der Waals surface area contributed by atoms with Crippen LogP contribution in [0.15, 0.2) is 77.7 Å². The third kappa shape index (κ3) is 4.35. The number of aryl methyl sites for hydroxylation is 1. The smallest absolute Gasteiger partial charge is 0.253 e. The fourth-order valence-corrected chi connectivity index (χ4v) is 2.40. The fraction of sp³-hybridized carbons (Fsp3) is 0.100. The van der Waals surface area contributed by atoms with Crippen LogP contribution in [-0.2, 0) is 11.3 Å². The van der Waals surface area contributed by atoms with Crippen LogP contribution >= 0.6 is 0 Å². The molecule has 126 valence electrons. The molecule has 0 bridgehead atoms. The number of amides is 1. The van der Waals surface area contributed by atoms with E-state index in [9.17, 15) is 9.59 Å². The molecule has 0 saturated carbocycles. The number of nitrogens with zero attached hydrogens (tertiary/aromatic N) is 1. The predicted molar refractivity (Wildman–Crippen MR) is 97.0 cm³/mol. The maximum atomic E-state index is 12.2. The summed E-state index contributed by atoms with van der Waals surface area (Å²) in [6.45, 7) is 1.69. The van der Waals surface area contributed by atoms with E-state index < -0.39 is 0 Å². The number of rotatable bonds is 5. The number of nitrogens with one attached hydrogen (secondary N) is 1. The second kappa shape index (κ2) is 7.49. The number of benzene rings is 2. The van der Waals surface area contributed by atoms with E-state index >= 15 is 0 Å². The van der Waals surface area contributed by atoms with Crippen molar-refractivity contribution in [2.45, 2.75) is 13.5 Å². The first-order chi connectivity index (χ1) is 12.1. The molecule has 2 aromatic carbocycles. The molecule has 3 rings (SSSR count). The number of carbonyl (C=O) groups excluding carboxylic acids is 1. The van der Waals surface area contributed by atoms with Gasteiger partial charge < -0.3 is 14.6 Å². The molecule has 0 spiro atoms. The minimum absolute atomic E-state index is 0.0374. The lowest BCUT2D eigenvalue weighted by molar-refractivity contribution is -0.116. The van der Waals surface area contributed by atoms with Crippen molar-refractivity contribution >= 4 is 11.6 Å². The first-order valence-corrected chi connectivity index (χ1v) is 7.91. The molecule has 0 radical (unpaired) electrons. The average Bonchev–Trinajstić information content (AvgIpc) is 2.60. The molecule has 1 N–H and O–H groups in total. The second-order valence-corrected chi connectivity index (χ2v) is 5.62. The SMILES string of the molecule is Cc1cccn(CC(=O)Nc2cccc(Oc3ccccc3)c2)c1=O. The van der Waals surface area contributed by atoms with Gasteiger partial charge in [-0.05, 0) is 37.3 Å². The van der Waals surface area contributed by atoms with Crippen molar-refractivity contribution in [2.75, 3.05) is 5.32 Å². The molecule has 0 aliphatic carbocycles. The molecule has 1 aromatic heterocycles. The molecule has 1 heterocycles. The summed E-state index contributed by atoms with van der Waals surface area (Å²) in [4.78, 5) is 24.2. The van der Waals surface area contributed by atoms with Crippen molar-refractivity contribution in [3.05, 3.63) is 88.8 Å². The van der Waals surface area contributed by atoms with Gasteiger partial charge in [-0.2, -0.15) is 0 Å². The molecule has 0 fully saturated rings. The largest absolute Gasteiger partial charge is 0.457 e. The van der Waals surface area contributed by atoms with E-state index in [1.807, 2.05) is 36.4 Å². The monoisotopic (exact) mass is 334 g/mol. The maximum absolute atomic E-state index is 12.2. The predicted octanol–water partition coefficient (Wildman–Crippen LogP) is 3.59. The Balaban J connectivity index is 1.68. The lowest BCUT2D eigenvalue weighted by Crippen LogP contribution is -2.28. The summed E-state index contributed by atoms with van der Waals surface area (Å²) >= 11 is 0. The number of hydrogen-bond acceptors (Lipinski definition) is 3. The molecular formula is C20H18N2O3. The van der Waals surface area contributed by atoms with Crippen LogP contribution in [0, 0.1) is 6.92 Å². The highest BCUT2D eigenvalue weighted by Gasteiger charge is 2.07. The minimum Gasteiger partial charge on any atom is -0.457 e. The lowest BCUT2D eigenvalue weighted by Gasteiger charge is -2.10. The van der Waals surface area contributed by atoms with Gasteiger partial charge in [0.25, 0.3) is 5.56 Å². The molecule has 25 heavy (non-hydrogen) atoms. The quantitative estimate of drug-likeness (QED) is 0.776. The highest BCUT2D eigenvalue weighted by Crippen LogP contribution is 2.23. The molecule has 5 nitrogen and oxygen atoms in total. The van der Waals surface area contributed by atoms with Gasteiger partial charge in [0, 0.05) is 23.5 Å². The van der Waals surface area contributed by atoms with Crippen molar-refractivity contribution in [3.8, 4) is 11.5 Å². The van der Waals surface area contributed by atoms with Crippen molar-refractivity contribution in [1.82, 2.24) is 4.57 Å². The molecule has 3 aromatic rings. The van der Waals surface area contributed by atoms with Gasteiger partial charge in [-0.25, -0.2) is 0 Å². The average molecular weight is 334 g/mol. The van der Waals surface area contributed by atoms with Crippen LogP contribution in [0.3, 0.4) is 0 Å². The van der Waals surface area contributed by atoms with Gasteiger partial charge in [0.2, 0.25) is 5.91 Å². The highest BCUT2D eigenvalue weighted by atomic mass is 16.5. The minimum atomic E-state index is -0.274. The number of para-hydroxylation sites is 1. The van der Waals surface area contributed by atoms with E-state index in [-0.39, 0.29) is 18.0 Å². The standard InChI is InChI=1S/C20H18N2O3/c1-15-7-6-12-22(20(15)24)14-19(23)21-16-8-5-11-18(13-16)25-17-9-3-2-4-10-17/h2-13H,14H2,1H3,(H,21,23). The Bertz CT molecular complexity index is 933. The fourth-order valence-electron chi connectivity index (χ4n) is 2.40. The Labute approximate surface area is 145 Å². The molecule has 5 heteroatoms. The summed E-state index contributed by atoms with van der Waals surface area (Å²) in [7, 11) is 0. The number of carbonyl (C=O) groups is 1. The van der Waals surface area contributed by atoms with Crippen LogP contribution in [-0.4, -0.2) is 10.5 Å². The zero-order valence-electron chi connectivity index (χ0n) is 13.8. The summed E-state index contributed by atoms with van der Waals surface area (Å²) in [6, 6.07) is 20.0. The van der Waals surface area contributed by atoms with Crippen LogP contribution in [0.25, 0.3) is 0 Å². The van der Waals surface area contributed by atoms with Crippen LogP contribution in [0.2, 0.25) is 0 Å². The highest BCUT2D eigenvalue weighted by molar-refractivity contribution is 5.90. The number of anilines is 1. The number of pyridine rings is 1. The summed E-state index contributed by atoms with van der Waals surface area (Å²) in [5.74, 6) is 1.07. The van der Waals surface area contributed by atoms with Crippen molar-refractivity contribution in [2.24, 2.45) is 0 Å². The first-order valence-electron chi connectivity index (χ1n) is 7.91. The molecule has 0 aliphatic rings. The molecule has 0 aliphatic heterocycles. The maximum Gasteiger partial charge on any atom is 0.253 e. The van der Waals surface area contributed by atoms with Gasteiger partial charge in [0.1, 0.15) is 18.0 Å².